The van der Waals surface area contributed by atoms with E-state index in [2.05, 4.69) is 0 Å². The lowest BCUT2D eigenvalue weighted by Gasteiger charge is -2.32. The van der Waals surface area contributed by atoms with Crippen LogP contribution in [0.5, 0.6) is 0 Å². The molecule has 2 aliphatic carbocycles. The van der Waals surface area contributed by atoms with Crippen LogP contribution in [-0.4, -0.2) is 22.2 Å². The van der Waals surface area contributed by atoms with Gasteiger partial charge in [0, 0.05) is 11.8 Å². The molecule has 0 aromatic heterocycles. The Kier molecular flexibility index (Phi) is 4.63. The first-order valence-corrected chi connectivity index (χ1v) is 11.4. The Morgan fingerprint density at radius 2 is 0.706 bits per heavy atom. The van der Waals surface area contributed by atoms with Crippen LogP contribution in [-0.2, 0) is 9.59 Å². The Balaban J connectivity index is 1.58. The van der Waals surface area contributed by atoms with Crippen molar-refractivity contribution >= 4 is 11.9 Å². The molecule has 2 aliphatic rings. The molecule has 0 spiro atoms. The molecule has 0 amide bonds. The second-order valence-corrected chi connectivity index (χ2v) is 9.03. The van der Waals surface area contributed by atoms with Crippen molar-refractivity contribution in [1.82, 2.24) is 0 Å². The molecule has 2 N–H and O–H groups in total. The van der Waals surface area contributed by atoms with Gasteiger partial charge in [0.2, 0.25) is 0 Å². The zero-order valence-electron chi connectivity index (χ0n) is 18.3. The number of fused-ring (bicyclic) bond motifs is 6. The van der Waals surface area contributed by atoms with Crippen LogP contribution in [0.1, 0.15) is 34.1 Å². The van der Waals surface area contributed by atoms with Crippen molar-refractivity contribution in [3.05, 3.63) is 119 Å². The first kappa shape index (κ1) is 20.4. The van der Waals surface area contributed by atoms with Crippen molar-refractivity contribution in [2.24, 2.45) is 11.8 Å². The first-order valence-electron chi connectivity index (χ1n) is 11.4. The number of carboxylic acids is 2. The maximum Gasteiger partial charge on any atom is 0.308 e. The summed E-state index contributed by atoms with van der Waals surface area (Å²) < 4.78 is 0. The molecule has 166 valence electrons. The zero-order valence-corrected chi connectivity index (χ0v) is 18.3. The largest absolute Gasteiger partial charge is 0.481 e. The van der Waals surface area contributed by atoms with Crippen LogP contribution < -0.4 is 0 Å². The minimum Gasteiger partial charge on any atom is -0.481 e. The van der Waals surface area contributed by atoms with Crippen LogP contribution in [0, 0.1) is 11.8 Å². The van der Waals surface area contributed by atoms with E-state index in [1.54, 1.807) is 0 Å². The average molecular weight is 447 g/mol. The first-order chi connectivity index (χ1) is 16.6. The van der Waals surface area contributed by atoms with Crippen LogP contribution in [0.15, 0.2) is 97.1 Å². The van der Waals surface area contributed by atoms with E-state index in [0.29, 0.717) is 0 Å². The van der Waals surface area contributed by atoms with E-state index in [0.717, 1.165) is 44.5 Å². The van der Waals surface area contributed by atoms with E-state index in [-0.39, 0.29) is 0 Å². The smallest absolute Gasteiger partial charge is 0.308 e. The van der Waals surface area contributed by atoms with E-state index in [1.165, 1.54) is 0 Å². The molecular formula is C30H22O4. The number of carbonyl (C=O) groups is 2. The van der Waals surface area contributed by atoms with E-state index < -0.39 is 35.6 Å². The fourth-order valence-corrected chi connectivity index (χ4v) is 6.17. The van der Waals surface area contributed by atoms with Crippen molar-refractivity contribution in [2.45, 2.75) is 11.8 Å². The highest BCUT2D eigenvalue weighted by molar-refractivity contribution is 5.89. The summed E-state index contributed by atoms with van der Waals surface area (Å²) in [4.78, 5) is 25.9. The van der Waals surface area contributed by atoms with Crippen molar-refractivity contribution < 1.29 is 19.8 Å². The quantitative estimate of drug-likeness (QED) is 0.394. The van der Waals surface area contributed by atoms with Gasteiger partial charge in [0.25, 0.3) is 0 Å². The highest BCUT2D eigenvalue weighted by Gasteiger charge is 2.50. The molecule has 6 rings (SSSR count). The summed E-state index contributed by atoms with van der Waals surface area (Å²) in [6.45, 7) is 0. The highest BCUT2D eigenvalue weighted by Crippen LogP contribution is 2.55. The topological polar surface area (TPSA) is 74.6 Å². The Morgan fingerprint density at radius 1 is 0.471 bits per heavy atom. The summed E-state index contributed by atoms with van der Waals surface area (Å²) in [5.41, 5.74) is 7.42. The lowest BCUT2D eigenvalue weighted by atomic mass is 9.69. The van der Waals surface area contributed by atoms with Gasteiger partial charge < -0.3 is 10.2 Å². The third-order valence-corrected chi connectivity index (χ3v) is 7.44. The molecule has 4 heteroatoms. The summed E-state index contributed by atoms with van der Waals surface area (Å²) >= 11 is 0. The van der Waals surface area contributed by atoms with Gasteiger partial charge in [-0.2, -0.15) is 0 Å². The van der Waals surface area contributed by atoms with Gasteiger partial charge in [-0.1, -0.05) is 97.1 Å². The third-order valence-electron chi connectivity index (χ3n) is 7.44. The number of carboxylic acid groups (broad SMARTS) is 2. The lowest BCUT2D eigenvalue weighted by Crippen LogP contribution is -2.38. The summed E-state index contributed by atoms with van der Waals surface area (Å²) in [6, 6.07) is 31.0. The molecule has 0 radical (unpaired) electrons. The summed E-state index contributed by atoms with van der Waals surface area (Å²) in [5.74, 6) is -5.58. The molecule has 34 heavy (non-hydrogen) atoms. The molecule has 0 bridgehead atoms. The molecule has 0 aliphatic heterocycles. The predicted octanol–water partition coefficient (Wildman–Crippen LogP) is 6.01. The van der Waals surface area contributed by atoms with E-state index >= 15 is 0 Å². The number of benzene rings is 4. The van der Waals surface area contributed by atoms with Crippen molar-refractivity contribution in [1.29, 1.82) is 0 Å². The molecule has 4 aromatic rings. The molecule has 0 saturated heterocycles. The lowest BCUT2D eigenvalue weighted by molar-refractivity contribution is -0.154. The van der Waals surface area contributed by atoms with E-state index in [4.69, 9.17) is 0 Å². The summed E-state index contributed by atoms with van der Waals surface area (Å²) in [5, 5.41) is 21.2. The SMILES string of the molecule is O=C(O)C(C1c2ccccc2-c2ccccc21)C(C(=O)O)C1c2ccccc2-c2ccccc21. The summed E-state index contributed by atoms with van der Waals surface area (Å²) in [6.07, 6.45) is 0. The normalized spacial score (nSPS) is 15.6. The van der Waals surface area contributed by atoms with Gasteiger partial charge in [-0.15, -0.1) is 0 Å². The molecule has 0 heterocycles. The van der Waals surface area contributed by atoms with Gasteiger partial charge in [-0.3, -0.25) is 9.59 Å². The minimum absolute atomic E-state index is 0.550. The molecular weight excluding hydrogens is 424 g/mol. The van der Waals surface area contributed by atoms with Gasteiger partial charge in [0.05, 0.1) is 11.8 Å². The maximum absolute atomic E-state index is 13.0. The van der Waals surface area contributed by atoms with Crippen molar-refractivity contribution in [2.75, 3.05) is 0 Å². The fourth-order valence-electron chi connectivity index (χ4n) is 6.17. The van der Waals surface area contributed by atoms with Gasteiger partial charge in [0.1, 0.15) is 0 Å². The van der Waals surface area contributed by atoms with Crippen molar-refractivity contribution in [3.8, 4) is 22.3 Å². The molecule has 0 fully saturated rings. The standard InChI is InChI=1S/C30H22O4/c31-29(32)27(25-21-13-5-1-9-17(21)18-10-2-6-14-22(18)25)28(30(33)34)26-23-15-7-3-11-19(23)20-12-4-8-16-24(20)26/h1-16,25-28H,(H,31,32)(H,33,34). The minimum atomic E-state index is -1.15. The van der Waals surface area contributed by atoms with Crippen LogP contribution in [0.2, 0.25) is 0 Å². The average Bonchev–Trinajstić information content (AvgIpc) is 3.35. The second kappa shape index (κ2) is 7.70. The molecule has 2 atom stereocenters. The molecule has 0 saturated carbocycles. The molecule has 2 unspecified atom stereocenters. The third kappa shape index (κ3) is 2.85. The van der Waals surface area contributed by atoms with Crippen LogP contribution in [0.4, 0.5) is 0 Å². The molecule has 4 nitrogen and oxygen atoms in total. The van der Waals surface area contributed by atoms with Gasteiger partial charge in [-0.25, -0.2) is 0 Å². The van der Waals surface area contributed by atoms with Crippen molar-refractivity contribution in [3.63, 3.8) is 0 Å². The second-order valence-electron chi connectivity index (χ2n) is 9.03. The van der Waals surface area contributed by atoms with Gasteiger partial charge in [0.15, 0.2) is 0 Å². The van der Waals surface area contributed by atoms with Gasteiger partial charge >= 0.3 is 11.9 Å². The maximum atomic E-state index is 13.0. The molecule has 4 aromatic carbocycles. The number of rotatable bonds is 5. The Bertz CT molecular complexity index is 1250. The highest BCUT2D eigenvalue weighted by atomic mass is 16.4. The summed E-state index contributed by atoms with van der Waals surface area (Å²) in [7, 11) is 0. The number of hydrogen-bond donors (Lipinski definition) is 2. The Labute approximate surface area is 197 Å². The van der Waals surface area contributed by atoms with Crippen LogP contribution >= 0.6 is 0 Å². The number of hydrogen-bond acceptors (Lipinski definition) is 2. The van der Waals surface area contributed by atoms with Gasteiger partial charge in [-0.05, 0) is 44.5 Å². The van der Waals surface area contributed by atoms with E-state index in [1.807, 2.05) is 97.1 Å². The van der Waals surface area contributed by atoms with E-state index in [9.17, 15) is 19.8 Å². The van der Waals surface area contributed by atoms with Crippen LogP contribution in [0.3, 0.4) is 0 Å². The van der Waals surface area contributed by atoms with Crippen LogP contribution in [0.25, 0.3) is 22.3 Å². The fraction of sp³-hybridized carbons (Fsp3) is 0.133. The number of aliphatic carboxylic acids is 2. The Morgan fingerprint density at radius 3 is 0.941 bits per heavy atom. The Hall–Kier alpha value is -4.18. The zero-order chi connectivity index (χ0) is 23.4. The predicted molar refractivity (Wildman–Crippen MR) is 130 cm³/mol. The monoisotopic (exact) mass is 446 g/mol.